The maximum atomic E-state index is 12.9. The smallest absolute Gasteiger partial charge is 0.160 e. The van der Waals surface area contributed by atoms with Gasteiger partial charge in [0.05, 0.1) is 7.11 Å². The van der Waals surface area contributed by atoms with Crippen molar-refractivity contribution in [3.05, 3.63) is 53.8 Å². The van der Waals surface area contributed by atoms with Crippen LogP contribution in [0.25, 0.3) is 0 Å². The maximum absolute atomic E-state index is 12.9. The topological polar surface area (TPSA) is 38.7 Å². The highest BCUT2D eigenvalue weighted by Gasteiger charge is 2.03. The van der Waals surface area contributed by atoms with Gasteiger partial charge in [-0.2, -0.15) is 0 Å². The summed E-state index contributed by atoms with van der Waals surface area (Å²) in [4.78, 5) is 0. The standard InChI is InChI=1S/C14H13FO3/c1-17-14-6-5-10(7-13(14)16)9-18-12-4-2-3-11(15)8-12/h2-8,16H,9H2,1H3. The fourth-order valence-corrected chi connectivity index (χ4v) is 1.55. The summed E-state index contributed by atoms with van der Waals surface area (Å²) >= 11 is 0. The predicted molar refractivity (Wildman–Crippen MR) is 65.4 cm³/mol. The van der Waals surface area contributed by atoms with Crippen LogP contribution in [-0.4, -0.2) is 12.2 Å². The van der Waals surface area contributed by atoms with Crippen LogP contribution in [0.5, 0.6) is 17.2 Å². The minimum atomic E-state index is -0.343. The minimum Gasteiger partial charge on any atom is -0.504 e. The molecule has 94 valence electrons. The van der Waals surface area contributed by atoms with E-state index in [2.05, 4.69) is 0 Å². The van der Waals surface area contributed by atoms with E-state index in [4.69, 9.17) is 9.47 Å². The zero-order valence-corrected chi connectivity index (χ0v) is 9.89. The molecule has 1 N–H and O–H groups in total. The Balaban J connectivity index is 2.04. The van der Waals surface area contributed by atoms with Crippen molar-refractivity contribution >= 4 is 0 Å². The molecule has 4 heteroatoms. The highest BCUT2D eigenvalue weighted by Crippen LogP contribution is 2.26. The van der Waals surface area contributed by atoms with Crippen LogP contribution in [0.3, 0.4) is 0 Å². The number of phenolic OH excluding ortho intramolecular Hbond substituents is 1. The Morgan fingerprint density at radius 2 is 2.00 bits per heavy atom. The van der Waals surface area contributed by atoms with Crippen LogP contribution < -0.4 is 9.47 Å². The molecule has 0 spiro atoms. The Hall–Kier alpha value is -2.23. The summed E-state index contributed by atoms with van der Waals surface area (Å²) in [7, 11) is 1.48. The zero-order chi connectivity index (χ0) is 13.0. The SMILES string of the molecule is COc1ccc(COc2cccc(F)c2)cc1O. The normalized spacial score (nSPS) is 10.1. The van der Waals surface area contributed by atoms with Crippen molar-refractivity contribution < 1.29 is 19.0 Å². The molecule has 0 fully saturated rings. The van der Waals surface area contributed by atoms with Gasteiger partial charge in [0.1, 0.15) is 18.2 Å². The van der Waals surface area contributed by atoms with Gasteiger partial charge in [-0.15, -0.1) is 0 Å². The molecule has 0 amide bonds. The van der Waals surface area contributed by atoms with Gasteiger partial charge in [-0.1, -0.05) is 12.1 Å². The number of rotatable bonds is 4. The van der Waals surface area contributed by atoms with E-state index in [1.54, 1.807) is 30.3 Å². The van der Waals surface area contributed by atoms with Crippen molar-refractivity contribution in [1.82, 2.24) is 0 Å². The highest BCUT2D eigenvalue weighted by atomic mass is 19.1. The molecule has 0 saturated heterocycles. The number of benzene rings is 2. The molecule has 0 aliphatic carbocycles. The fourth-order valence-electron chi connectivity index (χ4n) is 1.55. The third-order valence-electron chi connectivity index (χ3n) is 2.44. The van der Waals surface area contributed by atoms with Gasteiger partial charge in [-0.3, -0.25) is 0 Å². The lowest BCUT2D eigenvalue weighted by Crippen LogP contribution is -1.96. The Morgan fingerprint density at radius 1 is 1.17 bits per heavy atom. The van der Waals surface area contributed by atoms with E-state index in [9.17, 15) is 9.50 Å². The van der Waals surface area contributed by atoms with Crippen molar-refractivity contribution in [1.29, 1.82) is 0 Å². The lowest BCUT2D eigenvalue weighted by atomic mass is 10.2. The molecule has 0 heterocycles. The second-order valence-corrected chi connectivity index (χ2v) is 3.75. The summed E-state index contributed by atoms with van der Waals surface area (Å²) in [6.07, 6.45) is 0. The highest BCUT2D eigenvalue weighted by molar-refractivity contribution is 5.41. The summed E-state index contributed by atoms with van der Waals surface area (Å²) in [5.41, 5.74) is 0.776. The van der Waals surface area contributed by atoms with E-state index >= 15 is 0 Å². The summed E-state index contributed by atoms with van der Waals surface area (Å²) in [5, 5.41) is 9.59. The first-order valence-corrected chi connectivity index (χ1v) is 5.43. The molecule has 0 unspecified atom stereocenters. The molecule has 0 bridgehead atoms. The van der Waals surface area contributed by atoms with Crippen molar-refractivity contribution in [2.75, 3.05) is 7.11 Å². The fraction of sp³-hybridized carbons (Fsp3) is 0.143. The molecule has 0 saturated carbocycles. The lowest BCUT2D eigenvalue weighted by molar-refractivity contribution is 0.303. The number of aromatic hydroxyl groups is 1. The monoisotopic (exact) mass is 248 g/mol. The molecular weight excluding hydrogens is 235 g/mol. The first-order valence-electron chi connectivity index (χ1n) is 5.43. The van der Waals surface area contributed by atoms with Gasteiger partial charge in [-0.05, 0) is 29.8 Å². The minimum absolute atomic E-state index is 0.0536. The van der Waals surface area contributed by atoms with E-state index in [1.165, 1.54) is 19.2 Å². The van der Waals surface area contributed by atoms with Crippen LogP contribution in [0, 0.1) is 5.82 Å². The van der Waals surface area contributed by atoms with Gasteiger partial charge in [0.15, 0.2) is 11.5 Å². The molecule has 0 aliphatic heterocycles. The van der Waals surface area contributed by atoms with Gasteiger partial charge < -0.3 is 14.6 Å². The van der Waals surface area contributed by atoms with Crippen LogP contribution in [0.1, 0.15) is 5.56 Å². The largest absolute Gasteiger partial charge is 0.504 e. The number of halogens is 1. The van der Waals surface area contributed by atoms with Crippen molar-refractivity contribution in [2.24, 2.45) is 0 Å². The summed E-state index contributed by atoms with van der Waals surface area (Å²) in [6, 6.07) is 10.9. The van der Waals surface area contributed by atoms with E-state index in [-0.39, 0.29) is 18.2 Å². The average molecular weight is 248 g/mol. The summed E-state index contributed by atoms with van der Waals surface area (Å²) < 4.78 is 23.3. The van der Waals surface area contributed by atoms with Crippen LogP contribution >= 0.6 is 0 Å². The number of hydrogen-bond acceptors (Lipinski definition) is 3. The molecule has 2 rings (SSSR count). The lowest BCUT2D eigenvalue weighted by Gasteiger charge is -2.08. The van der Waals surface area contributed by atoms with Crippen LogP contribution in [0.4, 0.5) is 4.39 Å². The number of phenols is 1. The second-order valence-electron chi connectivity index (χ2n) is 3.75. The second kappa shape index (κ2) is 5.40. The average Bonchev–Trinajstić information content (AvgIpc) is 2.37. The summed E-state index contributed by atoms with van der Waals surface area (Å²) in [6.45, 7) is 0.251. The predicted octanol–water partition coefficient (Wildman–Crippen LogP) is 3.12. The molecule has 0 atom stereocenters. The molecule has 18 heavy (non-hydrogen) atoms. The Bertz CT molecular complexity index is 540. The first-order chi connectivity index (χ1) is 8.69. The molecule has 2 aromatic rings. The van der Waals surface area contributed by atoms with Crippen LogP contribution in [-0.2, 0) is 6.61 Å². The zero-order valence-electron chi connectivity index (χ0n) is 9.89. The molecular formula is C14H13FO3. The van der Waals surface area contributed by atoms with Crippen LogP contribution in [0.2, 0.25) is 0 Å². The number of hydrogen-bond donors (Lipinski definition) is 1. The third-order valence-corrected chi connectivity index (χ3v) is 2.44. The molecule has 2 aromatic carbocycles. The third kappa shape index (κ3) is 2.91. The van der Waals surface area contributed by atoms with Gasteiger partial charge in [0.2, 0.25) is 0 Å². The van der Waals surface area contributed by atoms with Gasteiger partial charge in [0, 0.05) is 6.07 Å². The van der Waals surface area contributed by atoms with E-state index in [0.717, 1.165) is 5.56 Å². The first kappa shape index (κ1) is 12.2. The Morgan fingerprint density at radius 3 is 2.67 bits per heavy atom. The van der Waals surface area contributed by atoms with E-state index in [1.807, 2.05) is 0 Å². The van der Waals surface area contributed by atoms with Crippen molar-refractivity contribution in [2.45, 2.75) is 6.61 Å². The molecule has 0 aromatic heterocycles. The van der Waals surface area contributed by atoms with E-state index in [0.29, 0.717) is 11.5 Å². The van der Waals surface area contributed by atoms with Gasteiger partial charge >= 0.3 is 0 Å². The van der Waals surface area contributed by atoms with Crippen molar-refractivity contribution in [3.63, 3.8) is 0 Å². The maximum Gasteiger partial charge on any atom is 0.160 e. The van der Waals surface area contributed by atoms with Gasteiger partial charge in [-0.25, -0.2) is 4.39 Å². The van der Waals surface area contributed by atoms with Gasteiger partial charge in [0.25, 0.3) is 0 Å². The number of ether oxygens (including phenoxy) is 2. The Kier molecular flexibility index (Phi) is 3.67. The molecule has 0 radical (unpaired) electrons. The van der Waals surface area contributed by atoms with Crippen molar-refractivity contribution in [3.8, 4) is 17.2 Å². The molecule has 0 aliphatic rings. The van der Waals surface area contributed by atoms with Crippen LogP contribution in [0.15, 0.2) is 42.5 Å². The quantitative estimate of drug-likeness (QED) is 0.903. The summed E-state index contributed by atoms with van der Waals surface area (Å²) in [5.74, 6) is 0.567. The Labute approximate surface area is 104 Å². The van der Waals surface area contributed by atoms with E-state index < -0.39 is 0 Å². The number of methoxy groups -OCH3 is 1. The molecule has 3 nitrogen and oxygen atoms in total.